The van der Waals surface area contributed by atoms with Gasteiger partial charge in [0.2, 0.25) is 5.52 Å². The highest BCUT2D eigenvalue weighted by Crippen LogP contribution is 2.20. The highest BCUT2D eigenvalue weighted by atomic mass is 15.1. The first-order valence-electron chi connectivity index (χ1n) is 5.17. The van der Waals surface area contributed by atoms with Gasteiger partial charge in [-0.3, -0.25) is 4.98 Å². The number of nitrogens with one attached hydrogen (secondary N) is 3. The monoisotopic (exact) mass is 227 g/mol. The fraction of sp³-hybridized carbons (Fsp3) is 0. The molecule has 0 saturated heterocycles. The minimum Gasteiger partial charge on any atom is -0.354 e. The summed E-state index contributed by atoms with van der Waals surface area (Å²) in [5.74, 6) is 0.881. The number of hydrogen-bond donors (Lipinski definition) is 3. The standard InChI is InChI=1S/C11H10N6/c12-11-16-9-8(13-6-14-9)10(17-11)15-7-4-2-1-3-5-7/h1-6H,(H4,12,13,14,15,16,17)/p+1. The Hall–Kier alpha value is -2.63. The van der Waals surface area contributed by atoms with Gasteiger partial charge in [0.15, 0.2) is 12.1 Å². The smallest absolute Gasteiger partial charge is 0.307 e. The van der Waals surface area contributed by atoms with E-state index in [4.69, 9.17) is 5.73 Å². The molecule has 6 nitrogen and oxygen atoms in total. The summed E-state index contributed by atoms with van der Waals surface area (Å²) < 4.78 is 0. The van der Waals surface area contributed by atoms with Gasteiger partial charge in [-0.15, -0.1) is 0 Å². The molecule has 17 heavy (non-hydrogen) atoms. The van der Waals surface area contributed by atoms with E-state index in [1.807, 2.05) is 30.3 Å². The Morgan fingerprint density at radius 1 is 1.18 bits per heavy atom. The normalized spacial score (nSPS) is 10.6. The van der Waals surface area contributed by atoms with Crippen LogP contribution >= 0.6 is 0 Å². The van der Waals surface area contributed by atoms with Gasteiger partial charge < -0.3 is 11.1 Å². The maximum Gasteiger partial charge on any atom is 0.307 e. The molecular formula is C11H11N6+. The average Bonchev–Trinajstić information content (AvgIpc) is 2.78. The van der Waals surface area contributed by atoms with Crippen molar-refractivity contribution in [3.8, 4) is 0 Å². The van der Waals surface area contributed by atoms with Crippen LogP contribution < -0.4 is 16.0 Å². The third kappa shape index (κ3) is 1.76. The molecule has 1 aromatic carbocycles. The zero-order valence-electron chi connectivity index (χ0n) is 8.94. The van der Waals surface area contributed by atoms with E-state index in [2.05, 4.69) is 25.3 Å². The number of nitrogens with zero attached hydrogens (tertiary/aromatic N) is 2. The molecule has 0 saturated carbocycles. The van der Waals surface area contributed by atoms with Crippen molar-refractivity contribution >= 4 is 28.6 Å². The molecule has 0 fully saturated rings. The number of para-hydroxylation sites is 1. The Bertz CT molecular complexity index is 645. The molecule has 0 amide bonds. The summed E-state index contributed by atoms with van der Waals surface area (Å²) in [5, 5.41) is 3.19. The first kappa shape index (κ1) is 9.59. The van der Waals surface area contributed by atoms with Gasteiger partial charge in [-0.25, -0.2) is 4.98 Å². The van der Waals surface area contributed by atoms with Crippen LogP contribution in [0.25, 0.3) is 11.2 Å². The molecule has 0 aliphatic carbocycles. The third-order valence-electron chi connectivity index (χ3n) is 2.39. The van der Waals surface area contributed by atoms with Crippen LogP contribution in [0.3, 0.4) is 0 Å². The Balaban J connectivity index is 2.08. The molecule has 0 unspecified atom stereocenters. The van der Waals surface area contributed by atoms with E-state index in [9.17, 15) is 0 Å². The number of aromatic nitrogens is 4. The van der Waals surface area contributed by atoms with Gasteiger partial charge in [0, 0.05) is 5.69 Å². The molecule has 2 heterocycles. The van der Waals surface area contributed by atoms with Crippen LogP contribution in [0.1, 0.15) is 0 Å². The lowest BCUT2D eigenvalue weighted by Crippen LogP contribution is -2.05. The summed E-state index contributed by atoms with van der Waals surface area (Å²) in [6.07, 6.45) is 1.69. The van der Waals surface area contributed by atoms with Crippen LogP contribution in [0.2, 0.25) is 0 Å². The predicted molar refractivity (Wildman–Crippen MR) is 64.6 cm³/mol. The minimum atomic E-state index is 0.229. The van der Waals surface area contributed by atoms with E-state index < -0.39 is 0 Å². The largest absolute Gasteiger partial charge is 0.354 e. The van der Waals surface area contributed by atoms with Crippen LogP contribution in [0.4, 0.5) is 17.5 Å². The molecule has 0 atom stereocenters. The van der Waals surface area contributed by atoms with Gasteiger partial charge in [-0.1, -0.05) is 23.2 Å². The van der Waals surface area contributed by atoms with Crippen molar-refractivity contribution in [2.24, 2.45) is 0 Å². The van der Waals surface area contributed by atoms with Crippen LogP contribution in [-0.2, 0) is 0 Å². The Labute approximate surface area is 96.9 Å². The van der Waals surface area contributed by atoms with Gasteiger partial charge >= 0.3 is 5.65 Å². The maximum absolute atomic E-state index is 5.64. The molecule has 5 N–H and O–H groups in total. The summed E-state index contributed by atoms with van der Waals surface area (Å²) in [4.78, 5) is 14.2. The maximum atomic E-state index is 5.64. The van der Waals surface area contributed by atoms with Crippen molar-refractivity contribution in [2.45, 2.75) is 0 Å². The van der Waals surface area contributed by atoms with Gasteiger partial charge in [-0.2, -0.15) is 4.98 Å². The van der Waals surface area contributed by atoms with Crippen LogP contribution in [0.15, 0.2) is 36.7 Å². The molecule has 84 valence electrons. The van der Waals surface area contributed by atoms with E-state index in [1.165, 1.54) is 0 Å². The lowest BCUT2D eigenvalue weighted by molar-refractivity contribution is -0.347. The number of fused-ring (bicyclic) bond motifs is 1. The van der Waals surface area contributed by atoms with E-state index in [-0.39, 0.29) is 5.95 Å². The number of nitrogens with two attached hydrogens (primary N) is 1. The number of H-pyrrole nitrogens is 2. The van der Waals surface area contributed by atoms with Crippen molar-refractivity contribution in [3.63, 3.8) is 0 Å². The number of benzene rings is 1. The lowest BCUT2D eigenvalue weighted by atomic mass is 10.3. The molecule has 3 rings (SSSR count). The predicted octanol–water partition coefficient (Wildman–Crippen LogP) is 1.10. The average molecular weight is 227 g/mol. The second kappa shape index (κ2) is 3.75. The molecule has 3 aromatic rings. The molecule has 0 spiro atoms. The molecule has 2 aromatic heterocycles. The summed E-state index contributed by atoms with van der Waals surface area (Å²) in [6.45, 7) is 0. The van der Waals surface area contributed by atoms with Crippen molar-refractivity contribution in [3.05, 3.63) is 36.7 Å². The summed E-state index contributed by atoms with van der Waals surface area (Å²) in [6, 6.07) is 9.76. The van der Waals surface area contributed by atoms with E-state index in [0.717, 1.165) is 11.2 Å². The van der Waals surface area contributed by atoms with Gasteiger partial charge in [0.05, 0.1) is 0 Å². The van der Waals surface area contributed by atoms with Crippen LogP contribution in [0.5, 0.6) is 0 Å². The summed E-state index contributed by atoms with van der Waals surface area (Å²) in [7, 11) is 0. The van der Waals surface area contributed by atoms with Crippen molar-refractivity contribution in [2.75, 3.05) is 11.1 Å². The summed E-state index contributed by atoms with van der Waals surface area (Å²) >= 11 is 0. The van der Waals surface area contributed by atoms with Gasteiger partial charge in [0.1, 0.15) is 0 Å². The second-order valence-electron chi connectivity index (χ2n) is 3.58. The number of nitrogen functional groups attached to an aromatic ring is 1. The molecule has 0 radical (unpaired) electrons. The van der Waals surface area contributed by atoms with Gasteiger partial charge in [-0.05, 0) is 12.1 Å². The number of hydrogen-bond acceptors (Lipinski definition) is 4. The topological polar surface area (TPSA) is 93.8 Å². The molecule has 0 aliphatic rings. The number of rotatable bonds is 2. The zero-order chi connectivity index (χ0) is 11.7. The first-order chi connectivity index (χ1) is 8.33. The van der Waals surface area contributed by atoms with Gasteiger partial charge in [0.25, 0.3) is 5.95 Å². The van der Waals surface area contributed by atoms with Crippen LogP contribution in [0, 0.1) is 0 Å². The Morgan fingerprint density at radius 3 is 2.82 bits per heavy atom. The lowest BCUT2D eigenvalue weighted by Gasteiger charge is -2.03. The quantitative estimate of drug-likeness (QED) is 0.611. The van der Waals surface area contributed by atoms with Crippen molar-refractivity contribution in [1.29, 1.82) is 0 Å². The fourth-order valence-corrected chi connectivity index (χ4v) is 1.64. The Kier molecular flexibility index (Phi) is 2.11. The Morgan fingerprint density at radius 2 is 2.00 bits per heavy atom. The number of aromatic amines is 2. The number of imidazole rings is 1. The third-order valence-corrected chi connectivity index (χ3v) is 2.39. The highest BCUT2D eigenvalue weighted by Gasteiger charge is 2.13. The number of anilines is 3. The van der Waals surface area contributed by atoms with Crippen LogP contribution in [-0.4, -0.2) is 15.0 Å². The SMILES string of the molecule is Nc1nc(Nc2ccccc2)c2[nH]c[nH+]c2n1. The first-order valence-corrected chi connectivity index (χ1v) is 5.17. The molecule has 0 bridgehead atoms. The minimum absolute atomic E-state index is 0.229. The van der Waals surface area contributed by atoms with E-state index in [0.29, 0.717) is 11.5 Å². The highest BCUT2D eigenvalue weighted by molar-refractivity contribution is 5.83. The molecule has 0 aliphatic heterocycles. The fourth-order valence-electron chi connectivity index (χ4n) is 1.64. The van der Waals surface area contributed by atoms with Crippen molar-refractivity contribution in [1.82, 2.24) is 15.0 Å². The molecule has 6 heteroatoms. The second-order valence-corrected chi connectivity index (χ2v) is 3.58. The van der Waals surface area contributed by atoms with Crippen molar-refractivity contribution < 1.29 is 4.98 Å². The van der Waals surface area contributed by atoms with E-state index in [1.54, 1.807) is 6.33 Å². The molecular weight excluding hydrogens is 216 g/mol. The van der Waals surface area contributed by atoms with E-state index >= 15 is 0 Å². The summed E-state index contributed by atoms with van der Waals surface area (Å²) in [5.41, 5.74) is 8.06. The zero-order valence-corrected chi connectivity index (χ0v) is 8.94.